The molecule has 0 bridgehead atoms. The molecule has 1 aliphatic heterocycles. The molecule has 0 radical (unpaired) electrons. The molecular weight excluding hydrogens is 224 g/mol. The van der Waals surface area contributed by atoms with Gasteiger partial charge in [0, 0.05) is 31.4 Å². The summed E-state index contributed by atoms with van der Waals surface area (Å²) in [6, 6.07) is 0. The monoisotopic (exact) mass is 248 g/mol. The van der Waals surface area contributed by atoms with Crippen LogP contribution in [-0.2, 0) is 0 Å². The summed E-state index contributed by atoms with van der Waals surface area (Å²) in [6.45, 7) is 8.64. The molecular formula is C14H24N4. The molecule has 1 aromatic rings. The Morgan fingerprint density at radius 1 is 1.11 bits per heavy atom. The minimum atomic E-state index is 0.447. The van der Waals surface area contributed by atoms with Crippen LogP contribution in [0.3, 0.4) is 0 Å². The van der Waals surface area contributed by atoms with Gasteiger partial charge in [-0.2, -0.15) is 4.98 Å². The van der Waals surface area contributed by atoms with Gasteiger partial charge in [-0.15, -0.1) is 0 Å². The van der Waals surface area contributed by atoms with Crippen molar-refractivity contribution in [2.75, 3.05) is 30.4 Å². The summed E-state index contributed by atoms with van der Waals surface area (Å²) >= 11 is 0. The van der Waals surface area contributed by atoms with Crippen LogP contribution in [0.25, 0.3) is 0 Å². The molecule has 1 aromatic heterocycles. The van der Waals surface area contributed by atoms with Crippen molar-refractivity contribution in [3.8, 4) is 0 Å². The van der Waals surface area contributed by atoms with Crippen LogP contribution in [-0.4, -0.2) is 30.1 Å². The van der Waals surface area contributed by atoms with Crippen molar-refractivity contribution in [1.29, 1.82) is 0 Å². The van der Waals surface area contributed by atoms with Gasteiger partial charge in [-0.25, -0.2) is 4.98 Å². The van der Waals surface area contributed by atoms with Crippen LogP contribution >= 0.6 is 0 Å². The van der Waals surface area contributed by atoms with E-state index in [9.17, 15) is 0 Å². The lowest BCUT2D eigenvalue weighted by molar-refractivity contribution is 0.567. The number of piperidine rings is 1. The van der Waals surface area contributed by atoms with E-state index in [1.54, 1.807) is 0 Å². The first-order valence-electron chi connectivity index (χ1n) is 6.94. The maximum Gasteiger partial charge on any atom is 0.227 e. The SMILES string of the molecule is CNc1nc(N2CCCCC2)nc(C)c1C(C)C. The summed E-state index contributed by atoms with van der Waals surface area (Å²) in [7, 11) is 1.94. The zero-order chi connectivity index (χ0) is 13.1. The highest BCUT2D eigenvalue weighted by Crippen LogP contribution is 2.27. The summed E-state index contributed by atoms with van der Waals surface area (Å²) in [5.41, 5.74) is 2.34. The quantitative estimate of drug-likeness (QED) is 0.893. The molecule has 0 saturated carbocycles. The van der Waals surface area contributed by atoms with Gasteiger partial charge in [0.1, 0.15) is 5.82 Å². The fourth-order valence-corrected chi connectivity index (χ4v) is 2.68. The Kier molecular flexibility index (Phi) is 4.04. The first-order chi connectivity index (χ1) is 8.63. The Morgan fingerprint density at radius 3 is 2.33 bits per heavy atom. The predicted molar refractivity (Wildman–Crippen MR) is 76.5 cm³/mol. The van der Waals surface area contributed by atoms with Gasteiger partial charge in [-0.05, 0) is 32.1 Å². The van der Waals surface area contributed by atoms with Crippen LogP contribution in [0, 0.1) is 6.92 Å². The van der Waals surface area contributed by atoms with E-state index in [0.29, 0.717) is 5.92 Å². The molecule has 100 valence electrons. The number of aryl methyl sites for hydroxylation is 1. The Bertz CT molecular complexity index is 409. The fraction of sp³-hybridized carbons (Fsp3) is 0.714. The highest BCUT2D eigenvalue weighted by molar-refractivity contribution is 5.52. The lowest BCUT2D eigenvalue weighted by Gasteiger charge is -2.28. The average molecular weight is 248 g/mol. The third-order valence-electron chi connectivity index (χ3n) is 3.58. The second-order valence-electron chi connectivity index (χ2n) is 5.32. The van der Waals surface area contributed by atoms with Gasteiger partial charge in [0.2, 0.25) is 5.95 Å². The molecule has 0 amide bonds. The molecule has 0 atom stereocenters. The molecule has 18 heavy (non-hydrogen) atoms. The lowest BCUT2D eigenvalue weighted by atomic mass is 10.0. The fourth-order valence-electron chi connectivity index (χ4n) is 2.68. The smallest absolute Gasteiger partial charge is 0.227 e. The van der Waals surface area contributed by atoms with Crippen molar-refractivity contribution in [3.05, 3.63) is 11.3 Å². The van der Waals surface area contributed by atoms with Gasteiger partial charge in [-0.3, -0.25) is 0 Å². The number of rotatable bonds is 3. The third-order valence-corrected chi connectivity index (χ3v) is 3.58. The van der Waals surface area contributed by atoms with E-state index in [1.165, 1.54) is 24.8 Å². The molecule has 0 spiro atoms. The Hall–Kier alpha value is -1.32. The first-order valence-corrected chi connectivity index (χ1v) is 6.94. The lowest BCUT2D eigenvalue weighted by Crippen LogP contribution is -2.31. The van der Waals surface area contributed by atoms with Crippen LogP contribution in [0.2, 0.25) is 0 Å². The highest BCUT2D eigenvalue weighted by Gasteiger charge is 2.18. The van der Waals surface area contributed by atoms with Gasteiger partial charge < -0.3 is 10.2 Å². The first kappa shape index (κ1) is 13.1. The molecule has 2 heterocycles. The summed E-state index contributed by atoms with van der Waals surface area (Å²) in [6.07, 6.45) is 3.84. The van der Waals surface area contributed by atoms with Crippen molar-refractivity contribution in [2.24, 2.45) is 0 Å². The standard InChI is InChI=1S/C14H24N4/c1-10(2)12-11(3)16-14(17-13(12)15-4)18-8-6-5-7-9-18/h10H,5-9H2,1-4H3,(H,15,16,17). The molecule has 4 heteroatoms. The molecule has 1 N–H and O–H groups in total. The number of nitrogens with zero attached hydrogens (tertiary/aromatic N) is 3. The third kappa shape index (κ3) is 2.57. The van der Waals surface area contributed by atoms with Crippen LogP contribution in [0.4, 0.5) is 11.8 Å². The van der Waals surface area contributed by atoms with Crippen LogP contribution in [0.5, 0.6) is 0 Å². The second-order valence-corrected chi connectivity index (χ2v) is 5.32. The molecule has 0 aromatic carbocycles. The minimum absolute atomic E-state index is 0.447. The molecule has 1 saturated heterocycles. The normalized spacial score (nSPS) is 16.2. The van der Waals surface area contributed by atoms with Gasteiger partial charge in [-0.1, -0.05) is 13.8 Å². The van der Waals surface area contributed by atoms with Crippen molar-refractivity contribution in [1.82, 2.24) is 9.97 Å². The van der Waals surface area contributed by atoms with Crippen LogP contribution < -0.4 is 10.2 Å². The van der Waals surface area contributed by atoms with E-state index in [4.69, 9.17) is 9.97 Å². The van der Waals surface area contributed by atoms with Gasteiger partial charge in [0.15, 0.2) is 0 Å². The molecule has 0 unspecified atom stereocenters. The maximum absolute atomic E-state index is 4.70. The van der Waals surface area contributed by atoms with Gasteiger partial charge >= 0.3 is 0 Å². The Labute approximate surface area is 110 Å². The Balaban J connectivity index is 2.35. The summed E-state index contributed by atoms with van der Waals surface area (Å²) < 4.78 is 0. The van der Waals surface area contributed by atoms with E-state index in [0.717, 1.165) is 30.5 Å². The number of hydrogen-bond acceptors (Lipinski definition) is 4. The summed E-state index contributed by atoms with van der Waals surface area (Å²) in [4.78, 5) is 11.7. The molecule has 2 rings (SSSR count). The van der Waals surface area contributed by atoms with E-state index >= 15 is 0 Å². The number of aromatic nitrogens is 2. The summed E-state index contributed by atoms with van der Waals surface area (Å²) in [5.74, 6) is 2.32. The van der Waals surface area contributed by atoms with E-state index in [1.807, 2.05) is 7.05 Å². The second kappa shape index (κ2) is 5.55. The average Bonchev–Trinajstić information content (AvgIpc) is 2.38. The zero-order valence-electron chi connectivity index (χ0n) is 12.0. The zero-order valence-corrected chi connectivity index (χ0v) is 12.0. The predicted octanol–water partition coefficient (Wildman–Crippen LogP) is 2.94. The maximum atomic E-state index is 4.70. The summed E-state index contributed by atoms with van der Waals surface area (Å²) in [5, 5.41) is 3.22. The van der Waals surface area contributed by atoms with Crippen molar-refractivity contribution in [3.63, 3.8) is 0 Å². The minimum Gasteiger partial charge on any atom is -0.373 e. The van der Waals surface area contributed by atoms with Crippen molar-refractivity contribution < 1.29 is 0 Å². The molecule has 1 fully saturated rings. The van der Waals surface area contributed by atoms with Gasteiger partial charge in [0.05, 0.1) is 0 Å². The number of hydrogen-bond donors (Lipinski definition) is 1. The Morgan fingerprint density at radius 2 is 1.78 bits per heavy atom. The van der Waals surface area contributed by atoms with E-state index in [2.05, 4.69) is 31.0 Å². The van der Waals surface area contributed by atoms with E-state index in [-0.39, 0.29) is 0 Å². The topological polar surface area (TPSA) is 41.1 Å². The number of nitrogens with one attached hydrogen (secondary N) is 1. The highest BCUT2D eigenvalue weighted by atomic mass is 15.3. The molecule has 4 nitrogen and oxygen atoms in total. The van der Waals surface area contributed by atoms with Crippen LogP contribution in [0.1, 0.15) is 50.3 Å². The van der Waals surface area contributed by atoms with Crippen molar-refractivity contribution >= 4 is 11.8 Å². The van der Waals surface area contributed by atoms with Crippen LogP contribution in [0.15, 0.2) is 0 Å². The van der Waals surface area contributed by atoms with E-state index < -0.39 is 0 Å². The molecule has 0 aliphatic carbocycles. The molecule has 1 aliphatic rings. The largest absolute Gasteiger partial charge is 0.373 e. The van der Waals surface area contributed by atoms with Crippen molar-refractivity contribution in [2.45, 2.75) is 46.0 Å². The van der Waals surface area contributed by atoms with Gasteiger partial charge in [0.25, 0.3) is 0 Å². The number of anilines is 2.